The maximum atomic E-state index is 12.5. The lowest BCUT2D eigenvalue weighted by Crippen LogP contribution is -2.32. The van der Waals surface area contributed by atoms with Crippen LogP contribution in [0.5, 0.6) is 17.2 Å². The van der Waals surface area contributed by atoms with Crippen molar-refractivity contribution in [3.63, 3.8) is 0 Å². The fraction of sp³-hybridized carbons (Fsp3) is 0.158. The molecule has 1 aliphatic heterocycles. The summed E-state index contributed by atoms with van der Waals surface area (Å²) in [4.78, 5) is 26.2. The van der Waals surface area contributed by atoms with Crippen molar-refractivity contribution >= 4 is 44.9 Å². The molecule has 0 spiro atoms. The van der Waals surface area contributed by atoms with Gasteiger partial charge >= 0.3 is 0 Å². The summed E-state index contributed by atoms with van der Waals surface area (Å²) in [6.07, 6.45) is 1.62. The van der Waals surface area contributed by atoms with Crippen molar-refractivity contribution in [2.45, 2.75) is 0 Å². The number of imide groups is 1. The number of halogens is 1. The van der Waals surface area contributed by atoms with Crippen LogP contribution in [-0.2, 0) is 4.79 Å². The average molecular weight is 450 g/mol. The molecule has 3 rings (SSSR count). The first kappa shape index (κ1) is 19.3. The summed E-state index contributed by atoms with van der Waals surface area (Å²) in [6, 6.07) is 12.0. The second kappa shape index (κ2) is 8.49. The number of hydrogen-bond acceptors (Lipinski definition) is 6. The van der Waals surface area contributed by atoms with Crippen LogP contribution in [0.15, 0.2) is 51.8 Å². The summed E-state index contributed by atoms with van der Waals surface area (Å²) >= 11 is 4.11. The van der Waals surface area contributed by atoms with Gasteiger partial charge in [-0.2, -0.15) is 0 Å². The van der Waals surface area contributed by atoms with E-state index < -0.39 is 0 Å². The highest BCUT2D eigenvalue weighted by Crippen LogP contribution is 2.33. The molecule has 0 radical (unpaired) electrons. The summed E-state index contributed by atoms with van der Waals surface area (Å²) < 4.78 is 11.4. The van der Waals surface area contributed by atoms with Crippen LogP contribution in [0.3, 0.4) is 0 Å². The lowest BCUT2D eigenvalue weighted by Gasteiger charge is -2.14. The molecular weight excluding hydrogens is 434 g/mol. The topological polar surface area (TPSA) is 76.1 Å². The summed E-state index contributed by atoms with van der Waals surface area (Å²) in [5.74, 6) is 0.882. The molecular formula is C19H16BrNO5S. The zero-order chi connectivity index (χ0) is 19.4. The first-order valence-corrected chi connectivity index (χ1v) is 9.60. The number of amides is 2. The van der Waals surface area contributed by atoms with Crippen molar-refractivity contribution in [1.82, 2.24) is 4.90 Å². The number of hydrogen-bond donors (Lipinski definition) is 1. The van der Waals surface area contributed by atoms with Gasteiger partial charge in [0.05, 0.1) is 23.0 Å². The van der Waals surface area contributed by atoms with Gasteiger partial charge in [0.2, 0.25) is 0 Å². The normalized spacial score (nSPS) is 15.5. The molecule has 140 valence electrons. The number of carbonyl (C=O) groups is 2. The smallest absolute Gasteiger partial charge is 0.293 e. The number of thioether (sulfide) groups is 1. The van der Waals surface area contributed by atoms with E-state index in [1.54, 1.807) is 37.5 Å². The van der Waals surface area contributed by atoms with Crippen molar-refractivity contribution in [1.29, 1.82) is 0 Å². The number of phenols is 1. The summed E-state index contributed by atoms with van der Waals surface area (Å²) in [7, 11) is 1.55. The third kappa shape index (κ3) is 4.45. The molecule has 1 fully saturated rings. The molecule has 0 aromatic heterocycles. The molecule has 0 unspecified atom stereocenters. The van der Waals surface area contributed by atoms with Gasteiger partial charge in [-0.25, -0.2) is 0 Å². The van der Waals surface area contributed by atoms with Gasteiger partial charge in [-0.15, -0.1) is 0 Å². The van der Waals surface area contributed by atoms with Gasteiger partial charge < -0.3 is 14.6 Å². The van der Waals surface area contributed by atoms with Crippen LogP contribution in [0.25, 0.3) is 6.08 Å². The Balaban J connectivity index is 1.65. The second-order valence-electron chi connectivity index (χ2n) is 5.54. The molecule has 27 heavy (non-hydrogen) atoms. The predicted molar refractivity (Wildman–Crippen MR) is 107 cm³/mol. The monoisotopic (exact) mass is 449 g/mol. The van der Waals surface area contributed by atoms with E-state index in [0.717, 1.165) is 16.7 Å². The fourth-order valence-electron chi connectivity index (χ4n) is 2.44. The Bertz CT molecular complexity index is 915. The van der Waals surface area contributed by atoms with Gasteiger partial charge in [-0.3, -0.25) is 14.5 Å². The van der Waals surface area contributed by atoms with Gasteiger partial charge in [0.1, 0.15) is 12.4 Å². The molecule has 1 heterocycles. The van der Waals surface area contributed by atoms with Crippen LogP contribution in [0.4, 0.5) is 4.79 Å². The number of methoxy groups -OCH3 is 1. The molecule has 0 bridgehead atoms. The zero-order valence-electron chi connectivity index (χ0n) is 14.3. The molecule has 0 saturated carbocycles. The van der Waals surface area contributed by atoms with E-state index in [1.807, 2.05) is 12.1 Å². The quantitative estimate of drug-likeness (QED) is 0.663. The number of ether oxygens (including phenoxy) is 2. The predicted octanol–water partition coefficient (Wildman–Crippen LogP) is 4.28. The van der Waals surface area contributed by atoms with Crippen LogP contribution in [0.2, 0.25) is 0 Å². The summed E-state index contributed by atoms with van der Waals surface area (Å²) in [6.45, 7) is 0.301. The summed E-state index contributed by atoms with van der Waals surface area (Å²) in [5, 5.41) is 9.20. The van der Waals surface area contributed by atoms with Gasteiger partial charge in [-0.05, 0) is 63.6 Å². The molecule has 8 heteroatoms. The van der Waals surface area contributed by atoms with Crippen molar-refractivity contribution < 1.29 is 24.2 Å². The largest absolute Gasteiger partial charge is 0.507 e. The minimum atomic E-state index is -0.363. The Morgan fingerprint density at radius 3 is 2.63 bits per heavy atom. The SMILES string of the molecule is COc1ccccc1OCCN1C(=O)S/C(=C\c2ccc(O)c(Br)c2)C1=O. The minimum Gasteiger partial charge on any atom is -0.507 e. The molecule has 0 aliphatic carbocycles. The highest BCUT2D eigenvalue weighted by atomic mass is 79.9. The molecule has 0 atom stereocenters. The van der Waals surface area contributed by atoms with E-state index in [0.29, 0.717) is 26.4 Å². The Hall–Kier alpha value is -2.45. The van der Waals surface area contributed by atoms with E-state index in [4.69, 9.17) is 9.47 Å². The van der Waals surface area contributed by atoms with Gasteiger partial charge in [0, 0.05) is 0 Å². The average Bonchev–Trinajstić information content (AvgIpc) is 2.92. The van der Waals surface area contributed by atoms with E-state index in [1.165, 1.54) is 6.07 Å². The van der Waals surface area contributed by atoms with Crippen LogP contribution in [0.1, 0.15) is 5.56 Å². The Kier molecular flexibility index (Phi) is 6.08. The van der Waals surface area contributed by atoms with Crippen molar-refractivity contribution in [2.24, 2.45) is 0 Å². The van der Waals surface area contributed by atoms with Crippen molar-refractivity contribution in [2.75, 3.05) is 20.3 Å². The molecule has 2 amide bonds. The van der Waals surface area contributed by atoms with Crippen molar-refractivity contribution in [3.8, 4) is 17.2 Å². The molecule has 6 nitrogen and oxygen atoms in total. The highest BCUT2D eigenvalue weighted by molar-refractivity contribution is 9.10. The van der Waals surface area contributed by atoms with Gasteiger partial charge in [0.25, 0.3) is 11.1 Å². The minimum absolute atomic E-state index is 0.105. The van der Waals surface area contributed by atoms with Gasteiger partial charge in [-0.1, -0.05) is 18.2 Å². The van der Waals surface area contributed by atoms with E-state index in [-0.39, 0.29) is 30.0 Å². The Morgan fingerprint density at radius 1 is 1.19 bits per heavy atom. The number of aromatic hydroxyl groups is 1. The van der Waals surface area contributed by atoms with Gasteiger partial charge in [0.15, 0.2) is 11.5 Å². The van der Waals surface area contributed by atoms with Crippen molar-refractivity contribution in [3.05, 3.63) is 57.4 Å². The maximum Gasteiger partial charge on any atom is 0.293 e. The number of rotatable bonds is 6. The summed E-state index contributed by atoms with van der Waals surface area (Å²) in [5.41, 5.74) is 0.704. The fourth-order valence-corrected chi connectivity index (χ4v) is 3.70. The third-order valence-corrected chi connectivity index (χ3v) is 5.33. The second-order valence-corrected chi connectivity index (χ2v) is 7.39. The molecule has 1 saturated heterocycles. The van der Waals surface area contributed by atoms with E-state index in [2.05, 4.69) is 15.9 Å². The highest BCUT2D eigenvalue weighted by Gasteiger charge is 2.34. The molecule has 1 aliphatic rings. The number of phenolic OH excluding ortho intramolecular Hbond substituents is 1. The maximum absolute atomic E-state index is 12.5. The number of benzene rings is 2. The van der Waals surface area contributed by atoms with E-state index in [9.17, 15) is 14.7 Å². The van der Waals surface area contributed by atoms with Crippen LogP contribution < -0.4 is 9.47 Å². The molecule has 2 aromatic carbocycles. The first-order valence-electron chi connectivity index (χ1n) is 7.99. The number of carbonyl (C=O) groups excluding carboxylic acids is 2. The number of para-hydroxylation sites is 2. The molecule has 1 N–H and O–H groups in total. The van der Waals surface area contributed by atoms with Crippen LogP contribution >= 0.6 is 27.7 Å². The Labute approximate surface area is 168 Å². The van der Waals surface area contributed by atoms with Crippen LogP contribution in [-0.4, -0.2) is 41.4 Å². The first-order chi connectivity index (χ1) is 13.0. The third-order valence-electron chi connectivity index (χ3n) is 3.78. The zero-order valence-corrected chi connectivity index (χ0v) is 16.7. The van der Waals surface area contributed by atoms with Crippen LogP contribution in [0, 0.1) is 0 Å². The van der Waals surface area contributed by atoms with E-state index >= 15 is 0 Å². The molecule has 2 aromatic rings. The number of nitrogens with zero attached hydrogens (tertiary/aromatic N) is 1. The lowest BCUT2D eigenvalue weighted by molar-refractivity contribution is -0.123. The lowest BCUT2D eigenvalue weighted by atomic mass is 10.2. The Morgan fingerprint density at radius 2 is 1.93 bits per heavy atom. The standard InChI is InChI=1S/C19H16BrNO5S/c1-25-15-4-2-3-5-16(15)26-9-8-21-18(23)17(27-19(21)24)11-12-6-7-14(22)13(20)10-12/h2-7,10-11,22H,8-9H2,1H3/b17-11-.